The van der Waals surface area contributed by atoms with Crippen LogP contribution in [0.25, 0.3) is 0 Å². The average Bonchev–Trinajstić information content (AvgIpc) is 2.56. The van der Waals surface area contributed by atoms with Crippen LogP contribution in [-0.2, 0) is 26.9 Å². The third-order valence-electron chi connectivity index (χ3n) is 4.21. The second-order valence-corrected chi connectivity index (χ2v) is 8.18. The van der Waals surface area contributed by atoms with Gasteiger partial charge in [0.05, 0.1) is 6.10 Å². The smallest absolute Gasteiger partial charge is 0.379 e. The van der Waals surface area contributed by atoms with Gasteiger partial charge in [-0.2, -0.15) is 12.8 Å². The molecule has 2 atom stereocenters. The molecule has 0 spiro atoms. The van der Waals surface area contributed by atoms with Crippen molar-refractivity contribution in [3.8, 4) is 0 Å². The van der Waals surface area contributed by atoms with Gasteiger partial charge in [0.2, 0.25) is 5.91 Å². The first-order valence-electron chi connectivity index (χ1n) is 10.8. The van der Waals surface area contributed by atoms with E-state index in [1.165, 1.54) is 44.9 Å². The minimum Gasteiger partial charge on any atom is -0.379 e. The fourth-order valence-electron chi connectivity index (χ4n) is 2.46. The molecule has 0 aliphatic carbocycles. The number of ether oxygens (including phenoxy) is 1. The molecule has 0 rings (SSSR count). The van der Waals surface area contributed by atoms with Crippen molar-refractivity contribution in [2.75, 3.05) is 6.61 Å². The maximum atomic E-state index is 12.0. The van der Waals surface area contributed by atoms with Crippen molar-refractivity contribution in [1.29, 1.82) is 0 Å². The fraction of sp³-hybridized carbons (Fsp3) is 0.870. The normalized spacial score (nSPS) is 13.0. The number of rotatable bonds is 13. The van der Waals surface area contributed by atoms with Crippen molar-refractivity contribution in [3.63, 3.8) is 0 Å². The first-order chi connectivity index (χ1) is 12.2. The van der Waals surface area contributed by atoms with E-state index < -0.39 is 0 Å². The van der Waals surface area contributed by atoms with Gasteiger partial charge in [0.1, 0.15) is 0 Å². The molecular formula is C23H47CrNO2. The molecule has 0 aliphatic rings. The minimum atomic E-state index is -0.363. The van der Waals surface area contributed by atoms with Gasteiger partial charge < -0.3 is 23.9 Å². The number of unbranched alkanes of at least 4 members (excludes halogenated alkanes) is 7. The van der Waals surface area contributed by atoms with Crippen LogP contribution in [0.15, 0.2) is 0 Å². The Balaban J connectivity index is -0.00000134. The summed E-state index contributed by atoms with van der Waals surface area (Å²) in [5.74, 6) is 0.0686. The quantitative estimate of drug-likeness (QED) is 0.272. The third-order valence-corrected chi connectivity index (χ3v) is 4.21. The largest absolute Gasteiger partial charge is 2.00 e. The van der Waals surface area contributed by atoms with Gasteiger partial charge in [0.25, 0.3) is 0 Å². The molecule has 0 aromatic carbocycles. The van der Waals surface area contributed by atoms with Gasteiger partial charge in [0.15, 0.2) is 0 Å². The summed E-state index contributed by atoms with van der Waals surface area (Å²) in [5, 5.41) is 3.05. The molecule has 1 N–H and O–H groups in total. The van der Waals surface area contributed by atoms with Gasteiger partial charge >= 0.3 is 17.4 Å². The van der Waals surface area contributed by atoms with E-state index in [0.717, 1.165) is 19.4 Å². The zero-order valence-electron chi connectivity index (χ0n) is 19.1. The van der Waals surface area contributed by atoms with E-state index in [-0.39, 0.29) is 40.8 Å². The predicted molar refractivity (Wildman–Crippen MR) is 115 cm³/mol. The molecule has 4 heteroatoms. The Hall–Kier alpha value is -0.0375. The predicted octanol–water partition coefficient (Wildman–Crippen LogP) is 6.52. The standard InChI is InChI=1S/C20H40NO2.C3H7.Cr/c1-7-9-10-11-12-13-14-15-16-23-18(8-2)17(3)21-19(22)20(4,5)6;1-3-2;/h17-18H,2,7-16H2,1,3-6H3,(H,21,22);1,3H2,2H3;/q2*-1;+2. The van der Waals surface area contributed by atoms with Crippen LogP contribution in [0.1, 0.15) is 106 Å². The second kappa shape index (κ2) is 20.7. The van der Waals surface area contributed by atoms with Crippen molar-refractivity contribution in [2.45, 2.75) is 118 Å². The van der Waals surface area contributed by atoms with Gasteiger partial charge in [-0.25, -0.2) is 0 Å². The number of hydrogen-bond acceptors (Lipinski definition) is 2. The molecule has 0 saturated heterocycles. The Morgan fingerprint density at radius 1 is 0.963 bits per heavy atom. The van der Waals surface area contributed by atoms with Crippen molar-refractivity contribution < 1.29 is 26.9 Å². The first-order valence-corrected chi connectivity index (χ1v) is 10.8. The molecule has 2 unspecified atom stereocenters. The number of carbonyl (C=O) groups is 1. The molecule has 0 heterocycles. The SMILES string of the molecule is [CH2-]CC.[CH2-]CC(OCCCCCCCCCC)C(C)NC(=O)C(C)(C)C.[Cr+2]. The average molecular weight is 422 g/mol. The summed E-state index contributed by atoms with van der Waals surface area (Å²) in [6, 6.07) is 0.00766. The maximum Gasteiger partial charge on any atom is 2.00 e. The molecule has 162 valence electrons. The van der Waals surface area contributed by atoms with Crippen molar-refractivity contribution in [3.05, 3.63) is 13.8 Å². The molecule has 3 nitrogen and oxygen atoms in total. The van der Waals surface area contributed by atoms with Crippen LogP contribution in [0.3, 0.4) is 0 Å². The number of carbonyl (C=O) groups excluding carboxylic acids is 1. The van der Waals surface area contributed by atoms with Gasteiger partial charge in [-0.05, 0) is 13.3 Å². The van der Waals surface area contributed by atoms with Gasteiger partial charge in [-0.3, -0.25) is 4.79 Å². The van der Waals surface area contributed by atoms with Crippen LogP contribution in [0.2, 0.25) is 0 Å². The van der Waals surface area contributed by atoms with Gasteiger partial charge in [-0.15, -0.1) is 0 Å². The number of hydrogen-bond donors (Lipinski definition) is 1. The summed E-state index contributed by atoms with van der Waals surface area (Å²) < 4.78 is 5.93. The molecule has 1 amide bonds. The summed E-state index contributed by atoms with van der Waals surface area (Å²) in [6.45, 7) is 20.3. The topological polar surface area (TPSA) is 38.3 Å². The zero-order valence-corrected chi connectivity index (χ0v) is 20.3. The molecule has 27 heavy (non-hydrogen) atoms. The van der Waals surface area contributed by atoms with Crippen molar-refractivity contribution in [2.24, 2.45) is 5.41 Å². The number of nitrogens with one attached hydrogen (secondary N) is 1. The summed E-state index contributed by atoms with van der Waals surface area (Å²) in [6.07, 6.45) is 12.1. The monoisotopic (exact) mass is 421 g/mol. The van der Waals surface area contributed by atoms with Crippen LogP contribution >= 0.6 is 0 Å². The third kappa shape index (κ3) is 20.5. The maximum absolute atomic E-state index is 12.0. The zero-order chi connectivity index (χ0) is 20.4. The van der Waals surface area contributed by atoms with Gasteiger partial charge in [-0.1, -0.05) is 79.6 Å². The fourth-order valence-corrected chi connectivity index (χ4v) is 2.46. The van der Waals surface area contributed by atoms with Gasteiger partial charge in [0, 0.05) is 18.1 Å². The second-order valence-electron chi connectivity index (χ2n) is 8.18. The van der Waals surface area contributed by atoms with E-state index in [2.05, 4.69) is 26.1 Å². The van der Waals surface area contributed by atoms with Crippen LogP contribution in [0, 0.1) is 19.3 Å². The Labute approximate surface area is 181 Å². The van der Waals surface area contributed by atoms with Crippen LogP contribution in [-0.4, -0.2) is 24.7 Å². The van der Waals surface area contributed by atoms with E-state index in [9.17, 15) is 4.79 Å². The van der Waals surface area contributed by atoms with E-state index >= 15 is 0 Å². The summed E-state index contributed by atoms with van der Waals surface area (Å²) in [7, 11) is 0. The Morgan fingerprint density at radius 2 is 1.41 bits per heavy atom. The van der Waals surface area contributed by atoms with E-state index in [1.807, 2.05) is 34.6 Å². The van der Waals surface area contributed by atoms with E-state index in [4.69, 9.17) is 4.74 Å². The van der Waals surface area contributed by atoms with E-state index in [0.29, 0.717) is 6.42 Å². The Morgan fingerprint density at radius 3 is 1.81 bits per heavy atom. The van der Waals surface area contributed by atoms with Crippen molar-refractivity contribution in [1.82, 2.24) is 5.32 Å². The minimum absolute atomic E-state index is 0. The van der Waals surface area contributed by atoms with E-state index in [1.54, 1.807) is 0 Å². The molecule has 0 aromatic heterocycles. The number of amides is 1. The summed E-state index contributed by atoms with van der Waals surface area (Å²) >= 11 is 0. The molecule has 0 saturated carbocycles. The van der Waals surface area contributed by atoms with Crippen LogP contribution in [0.4, 0.5) is 0 Å². The summed E-state index contributed by atoms with van der Waals surface area (Å²) in [5.41, 5.74) is -0.363. The summed E-state index contributed by atoms with van der Waals surface area (Å²) in [4.78, 5) is 12.0. The Kier molecular flexibility index (Phi) is 24.3. The first kappa shape index (κ1) is 31.7. The molecular weight excluding hydrogens is 374 g/mol. The van der Waals surface area contributed by atoms with Crippen LogP contribution < -0.4 is 5.32 Å². The Bertz CT molecular complexity index is 316. The molecule has 0 aliphatic heterocycles. The molecule has 0 aromatic rings. The molecule has 0 radical (unpaired) electrons. The molecule has 0 fully saturated rings. The van der Waals surface area contributed by atoms with Crippen molar-refractivity contribution >= 4 is 5.91 Å². The van der Waals surface area contributed by atoms with Crippen LogP contribution in [0.5, 0.6) is 0 Å². The molecule has 0 bridgehead atoms.